The number of anilines is 1. The van der Waals surface area contributed by atoms with Crippen molar-refractivity contribution in [3.05, 3.63) is 41.7 Å². The van der Waals surface area contributed by atoms with Crippen LogP contribution in [0.1, 0.15) is 10.5 Å². The zero-order chi connectivity index (χ0) is 14.7. The largest absolute Gasteiger partial charge is 0.496 e. The van der Waals surface area contributed by atoms with Gasteiger partial charge in [-0.25, -0.2) is 10.1 Å². The van der Waals surface area contributed by atoms with Crippen LogP contribution in [0, 0.1) is 0 Å². The molecule has 2 aromatic heterocycles. The molecule has 2 heterocycles. The van der Waals surface area contributed by atoms with Gasteiger partial charge in [0, 0.05) is 5.38 Å². The molecular weight excluding hydrogens is 290 g/mol. The van der Waals surface area contributed by atoms with E-state index in [1.165, 1.54) is 17.7 Å². The number of hydrogen-bond acceptors (Lipinski definition) is 6. The van der Waals surface area contributed by atoms with Gasteiger partial charge in [0.05, 0.1) is 12.7 Å². The number of nitrogens with zero attached hydrogens (tertiary/aromatic N) is 3. The number of rotatable bonds is 4. The highest BCUT2D eigenvalue weighted by atomic mass is 32.1. The average molecular weight is 301 g/mol. The topological polar surface area (TPSA) is 92.8 Å². The van der Waals surface area contributed by atoms with Crippen molar-refractivity contribution >= 4 is 23.2 Å². The lowest BCUT2D eigenvalue weighted by atomic mass is 10.2. The van der Waals surface area contributed by atoms with E-state index < -0.39 is 0 Å². The minimum atomic E-state index is -0.343. The number of ether oxygens (including phenoxy) is 1. The van der Waals surface area contributed by atoms with E-state index in [0.29, 0.717) is 11.4 Å². The zero-order valence-corrected chi connectivity index (χ0v) is 11.8. The second-order valence-corrected chi connectivity index (χ2v) is 4.88. The molecular formula is C13H11N5O2S. The first-order chi connectivity index (χ1) is 10.3. The van der Waals surface area contributed by atoms with E-state index in [2.05, 4.69) is 25.5 Å². The van der Waals surface area contributed by atoms with Crippen molar-refractivity contribution in [3.63, 3.8) is 0 Å². The number of aromatic nitrogens is 4. The normalized spacial score (nSPS) is 10.3. The van der Waals surface area contributed by atoms with Crippen molar-refractivity contribution in [2.75, 3.05) is 12.4 Å². The minimum absolute atomic E-state index is 0.284. The first-order valence-corrected chi connectivity index (χ1v) is 6.91. The van der Waals surface area contributed by atoms with Gasteiger partial charge in [-0.2, -0.15) is 10.1 Å². The molecule has 0 aliphatic rings. The summed E-state index contributed by atoms with van der Waals surface area (Å²) in [5, 5.41) is 11.2. The Morgan fingerprint density at radius 1 is 1.38 bits per heavy atom. The van der Waals surface area contributed by atoms with Crippen LogP contribution in [0.3, 0.4) is 0 Å². The number of hydrogen-bond donors (Lipinski definition) is 2. The summed E-state index contributed by atoms with van der Waals surface area (Å²) < 4.78 is 5.30. The number of carbonyl (C=O) groups is 1. The lowest BCUT2D eigenvalue weighted by molar-refractivity contribution is 0.102. The molecule has 0 bridgehead atoms. The molecule has 106 valence electrons. The molecule has 1 amide bonds. The number of methoxy groups -OCH3 is 1. The molecule has 0 aliphatic carbocycles. The second-order valence-electron chi connectivity index (χ2n) is 4.03. The van der Waals surface area contributed by atoms with Crippen LogP contribution in [0.5, 0.6) is 5.75 Å². The first kappa shape index (κ1) is 13.3. The Kier molecular flexibility index (Phi) is 3.61. The van der Waals surface area contributed by atoms with Gasteiger partial charge in [0.15, 0.2) is 0 Å². The molecule has 7 nitrogen and oxygen atoms in total. The summed E-state index contributed by atoms with van der Waals surface area (Å²) in [4.78, 5) is 20.2. The first-order valence-electron chi connectivity index (χ1n) is 6.03. The molecule has 1 aromatic carbocycles. The zero-order valence-electron chi connectivity index (χ0n) is 11.0. The van der Waals surface area contributed by atoms with Gasteiger partial charge in [-0.1, -0.05) is 12.1 Å². The molecule has 0 saturated heterocycles. The number of thiazole rings is 1. The molecule has 3 rings (SSSR count). The highest BCUT2D eigenvalue weighted by Gasteiger charge is 2.15. The number of carbonyl (C=O) groups excluding carboxylic acids is 1. The van der Waals surface area contributed by atoms with Gasteiger partial charge in [0.2, 0.25) is 5.95 Å². The quantitative estimate of drug-likeness (QED) is 0.770. The Balaban J connectivity index is 1.84. The van der Waals surface area contributed by atoms with E-state index in [4.69, 9.17) is 4.74 Å². The molecule has 0 saturated carbocycles. The van der Waals surface area contributed by atoms with Crippen molar-refractivity contribution in [2.24, 2.45) is 0 Å². The molecule has 21 heavy (non-hydrogen) atoms. The number of para-hydroxylation sites is 1. The van der Waals surface area contributed by atoms with Gasteiger partial charge < -0.3 is 4.74 Å². The molecule has 8 heteroatoms. The van der Waals surface area contributed by atoms with E-state index in [9.17, 15) is 4.79 Å². The lowest BCUT2D eigenvalue weighted by Gasteiger charge is -2.04. The molecule has 0 unspecified atom stereocenters. The van der Waals surface area contributed by atoms with E-state index in [1.807, 2.05) is 24.3 Å². The van der Waals surface area contributed by atoms with Crippen LogP contribution < -0.4 is 10.1 Å². The predicted molar refractivity (Wildman–Crippen MR) is 78.4 cm³/mol. The standard InChI is InChI=1S/C13H11N5O2S/c1-20-10-5-3-2-4-8(10)12-16-9(6-21-12)11(19)17-13-14-7-15-18-13/h2-7H,1H3,(H2,14,15,17,18,19). The Hall–Kier alpha value is -2.74. The third-order valence-electron chi connectivity index (χ3n) is 2.72. The Bertz CT molecular complexity index is 754. The maximum atomic E-state index is 12.0. The van der Waals surface area contributed by atoms with E-state index in [0.717, 1.165) is 10.6 Å². The number of H-pyrrole nitrogens is 1. The monoisotopic (exact) mass is 301 g/mol. The van der Waals surface area contributed by atoms with Gasteiger partial charge in [0.1, 0.15) is 22.8 Å². The number of nitrogens with one attached hydrogen (secondary N) is 2. The molecule has 3 aromatic rings. The Labute approximate surface area is 124 Å². The fraction of sp³-hybridized carbons (Fsp3) is 0.0769. The third-order valence-corrected chi connectivity index (χ3v) is 3.60. The summed E-state index contributed by atoms with van der Waals surface area (Å²) in [6.07, 6.45) is 1.32. The number of benzene rings is 1. The highest BCUT2D eigenvalue weighted by molar-refractivity contribution is 7.13. The number of aromatic amines is 1. The second kappa shape index (κ2) is 5.71. The van der Waals surface area contributed by atoms with E-state index >= 15 is 0 Å². The smallest absolute Gasteiger partial charge is 0.277 e. The van der Waals surface area contributed by atoms with Crippen molar-refractivity contribution < 1.29 is 9.53 Å². The van der Waals surface area contributed by atoms with Gasteiger partial charge >= 0.3 is 0 Å². The van der Waals surface area contributed by atoms with Gasteiger partial charge in [-0.05, 0) is 12.1 Å². The van der Waals surface area contributed by atoms with Crippen LogP contribution >= 0.6 is 11.3 Å². The summed E-state index contributed by atoms with van der Waals surface area (Å²) in [6.45, 7) is 0. The summed E-state index contributed by atoms with van der Waals surface area (Å²) >= 11 is 1.37. The van der Waals surface area contributed by atoms with E-state index in [-0.39, 0.29) is 11.9 Å². The van der Waals surface area contributed by atoms with Crippen LogP contribution in [0.15, 0.2) is 36.0 Å². The molecule has 0 spiro atoms. The highest BCUT2D eigenvalue weighted by Crippen LogP contribution is 2.31. The number of amides is 1. The fourth-order valence-corrected chi connectivity index (χ4v) is 2.59. The van der Waals surface area contributed by atoms with Crippen molar-refractivity contribution in [3.8, 4) is 16.3 Å². The summed E-state index contributed by atoms with van der Waals surface area (Å²) in [5.74, 6) is 0.657. The van der Waals surface area contributed by atoms with Crippen LogP contribution in [0.25, 0.3) is 10.6 Å². The van der Waals surface area contributed by atoms with Crippen LogP contribution in [0.4, 0.5) is 5.95 Å². The van der Waals surface area contributed by atoms with Crippen LogP contribution in [0.2, 0.25) is 0 Å². The molecule has 2 N–H and O–H groups in total. The van der Waals surface area contributed by atoms with Gasteiger partial charge in [0.25, 0.3) is 5.91 Å². The SMILES string of the molecule is COc1ccccc1-c1nc(C(=O)Nc2ncn[nH]2)cs1. The summed E-state index contributed by atoms with van der Waals surface area (Å²) in [5.41, 5.74) is 1.17. The third kappa shape index (κ3) is 2.75. The van der Waals surface area contributed by atoms with E-state index in [1.54, 1.807) is 12.5 Å². The van der Waals surface area contributed by atoms with Crippen LogP contribution in [-0.2, 0) is 0 Å². The fourth-order valence-electron chi connectivity index (χ4n) is 1.76. The molecule has 0 aliphatic heterocycles. The van der Waals surface area contributed by atoms with Crippen LogP contribution in [-0.4, -0.2) is 33.2 Å². The Morgan fingerprint density at radius 2 is 2.24 bits per heavy atom. The summed E-state index contributed by atoms with van der Waals surface area (Å²) in [7, 11) is 1.60. The Morgan fingerprint density at radius 3 is 3.00 bits per heavy atom. The maximum Gasteiger partial charge on any atom is 0.277 e. The van der Waals surface area contributed by atoms with Crippen molar-refractivity contribution in [1.82, 2.24) is 20.2 Å². The lowest BCUT2D eigenvalue weighted by Crippen LogP contribution is -2.13. The summed E-state index contributed by atoms with van der Waals surface area (Å²) in [6, 6.07) is 7.53. The van der Waals surface area contributed by atoms with Crippen molar-refractivity contribution in [2.45, 2.75) is 0 Å². The van der Waals surface area contributed by atoms with Gasteiger partial charge in [-0.15, -0.1) is 11.3 Å². The molecule has 0 radical (unpaired) electrons. The van der Waals surface area contributed by atoms with Crippen molar-refractivity contribution in [1.29, 1.82) is 0 Å². The minimum Gasteiger partial charge on any atom is -0.496 e. The van der Waals surface area contributed by atoms with Gasteiger partial charge in [-0.3, -0.25) is 10.1 Å². The predicted octanol–water partition coefficient (Wildman–Crippen LogP) is 2.19. The maximum absolute atomic E-state index is 12.0. The molecule has 0 atom stereocenters. The molecule has 0 fully saturated rings. The average Bonchev–Trinajstić information content (AvgIpc) is 3.18.